The predicted molar refractivity (Wildman–Crippen MR) is 152 cm³/mol. The molecule has 42 heavy (non-hydrogen) atoms. The minimum Gasteiger partial charge on any atom is -0.364 e. The Hall–Kier alpha value is -3.93. The van der Waals surface area contributed by atoms with Gasteiger partial charge in [-0.15, -0.1) is 0 Å². The van der Waals surface area contributed by atoms with Crippen LogP contribution in [0.3, 0.4) is 0 Å². The van der Waals surface area contributed by atoms with Crippen molar-refractivity contribution in [3.8, 4) is 5.69 Å². The molecule has 1 amide bonds. The maximum atomic E-state index is 13.6. The van der Waals surface area contributed by atoms with Gasteiger partial charge in [0.1, 0.15) is 11.5 Å². The summed E-state index contributed by atoms with van der Waals surface area (Å²) < 4.78 is 56.3. The first kappa shape index (κ1) is 29.6. The fourth-order valence-corrected chi connectivity index (χ4v) is 5.48. The molecule has 13 heteroatoms. The summed E-state index contributed by atoms with van der Waals surface area (Å²) in [5.74, 6) is -3.10. The third-order valence-electron chi connectivity index (χ3n) is 7.38. The Morgan fingerprint density at radius 2 is 1.79 bits per heavy atom. The number of carbonyl (C=O) groups is 1. The summed E-state index contributed by atoms with van der Waals surface area (Å²) in [7, 11) is 0. The lowest BCUT2D eigenvalue weighted by Crippen LogP contribution is -2.39. The Balaban J connectivity index is 1.28. The molecule has 2 N–H and O–H groups in total. The van der Waals surface area contributed by atoms with Crippen LogP contribution in [0, 0.1) is 5.92 Å². The number of fused-ring (bicyclic) bond motifs is 1. The second kappa shape index (κ2) is 12.1. The number of hydrogen-bond donors (Lipinski definition) is 2. The number of rotatable bonds is 9. The molecule has 8 nitrogen and oxygen atoms in total. The quantitative estimate of drug-likeness (QED) is 0.221. The molecule has 1 aromatic carbocycles. The molecule has 0 spiro atoms. The van der Waals surface area contributed by atoms with E-state index >= 15 is 0 Å². The molecule has 5 rings (SSSR count). The van der Waals surface area contributed by atoms with Gasteiger partial charge in [-0.3, -0.25) is 18.9 Å². The number of amides is 1. The number of pyridine rings is 2. The van der Waals surface area contributed by atoms with E-state index in [1.807, 2.05) is 24.3 Å². The van der Waals surface area contributed by atoms with Crippen LogP contribution in [-0.2, 0) is 6.54 Å². The maximum absolute atomic E-state index is 13.6. The van der Waals surface area contributed by atoms with E-state index in [1.54, 1.807) is 21.3 Å². The molecule has 0 aliphatic heterocycles. The molecular formula is C29H29ClF4N6O2. The first-order valence-electron chi connectivity index (χ1n) is 13.5. The number of imidazole rings is 1. The highest BCUT2D eigenvalue weighted by molar-refractivity contribution is 6.30. The third kappa shape index (κ3) is 6.59. The first-order valence-corrected chi connectivity index (χ1v) is 13.9. The zero-order valence-corrected chi connectivity index (χ0v) is 23.4. The van der Waals surface area contributed by atoms with Crippen LogP contribution in [0.4, 0.5) is 23.4 Å². The lowest BCUT2D eigenvalue weighted by molar-refractivity contribution is 0.0367. The molecule has 0 unspecified atom stereocenters. The van der Waals surface area contributed by atoms with Gasteiger partial charge in [0.2, 0.25) is 0 Å². The number of carbonyl (C=O) groups excluding carboxylic acids is 1. The van der Waals surface area contributed by atoms with Crippen LogP contribution in [0.1, 0.15) is 55.1 Å². The SMILES string of the molecule is CC(F)(F)CNc1ccc(-n2c(=O)n(C[C@H]3CC[C@H](NC(=O)c4cc(Cl)cnc4C(F)F)CC3)c3ccccc32)cn1. The van der Waals surface area contributed by atoms with Crippen molar-refractivity contribution in [2.75, 3.05) is 11.9 Å². The van der Waals surface area contributed by atoms with Gasteiger partial charge in [0.05, 0.1) is 40.0 Å². The van der Waals surface area contributed by atoms with E-state index in [-0.39, 0.29) is 34.1 Å². The number of alkyl halides is 4. The summed E-state index contributed by atoms with van der Waals surface area (Å²) in [6, 6.07) is 11.6. The summed E-state index contributed by atoms with van der Waals surface area (Å²) in [6.07, 6.45) is 2.33. The molecule has 3 heterocycles. The smallest absolute Gasteiger partial charge is 0.333 e. The Bertz CT molecular complexity index is 1630. The van der Waals surface area contributed by atoms with E-state index in [1.165, 1.54) is 12.3 Å². The highest BCUT2D eigenvalue weighted by Gasteiger charge is 2.27. The van der Waals surface area contributed by atoms with E-state index in [4.69, 9.17) is 11.6 Å². The summed E-state index contributed by atoms with van der Waals surface area (Å²) in [4.78, 5) is 34.2. The average molecular weight is 605 g/mol. The maximum Gasteiger partial charge on any atom is 0.333 e. The van der Waals surface area contributed by atoms with Crippen LogP contribution >= 0.6 is 11.6 Å². The standard InChI is InChI=1S/C29H29ClF4N6O2/c1-29(33,34)16-37-24-11-10-20(14-35-24)40-23-5-3-2-4-22(23)39(28(40)42)15-17-6-8-19(9-7-17)38-27(41)21-12-18(30)13-36-25(21)26(31)32/h2-5,10-14,17,19,26H,6-9,15-16H2,1H3,(H,35,37)(H,38,41)/t17-,19-. The van der Waals surface area contributed by atoms with Gasteiger partial charge in [-0.1, -0.05) is 23.7 Å². The van der Waals surface area contributed by atoms with Crippen LogP contribution < -0.4 is 16.3 Å². The van der Waals surface area contributed by atoms with Gasteiger partial charge in [0.15, 0.2) is 0 Å². The minimum absolute atomic E-state index is 0.0994. The van der Waals surface area contributed by atoms with Crippen molar-refractivity contribution in [1.29, 1.82) is 0 Å². The Labute approximate surface area is 243 Å². The first-order chi connectivity index (χ1) is 20.0. The predicted octanol–water partition coefficient (Wildman–Crippen LogP) is 6.23. The average Bonchev–Trinajstić information content (AvgIpc) is 3.23. The molecule has 1 fully saturated rings. The minimum atomic E-state index is -2.90. The molecule has 1 aliphatic carbocycles. The van der Waals surface area contributed by atoms with Crippen LogP contribution in [0.25, 0.3) is 16.7 Å². The van der Waals surface area contributed by atoms with E-state index in [0.717, 1.165) is 31.5 Å². The highest BCUT2D eigenvalue weighted by Crippen LogP contribution is 2.29. The van der Waals surface area contributed by atoms with Crippen molar-refractivity contribution in [2.24, 2.45) is 5.92 Å². The van der Waals surface area contributed by atoms with Crippen molar-refractivity contribution >= 4 is 34.4 Å². The summed E-state index contributed by atoms with van der Waals surface area (Å²) >= 11 is 5.89. The number of nitrogens with one attached hydrogen (secondary N) is 2. The van der Waals surface area contributed by atoms with E-state index in [2.05, 4.69) is 20.6 Å². The molecule has 1 aliphatic rings. The fraction of sp³-hybridized carbons (Fsp3) is 0.379. The van der Waals surface area contributed by atoms with Gasteiger partial charge in [-0.25, -0.2) is 27.3 Å². The molecule has 222 valence electrons. The van der Waals surface area contributed by atoms with Crippen molar-refractivity contribution in [3.05, 3.63) is 81.6 Å². The normalized spacial score (nSPS) is 17.5. The van der Waals surface area contributed by atoms with Gasteiger partial charge in [-0.2, -0.15) is 0 Å². The Kier molecular flexibility index (Phi) is 8.53. The van der Waals surface area contributed by atoms with Crippen LogP contribution in [0.5, 0.6) is 0 Å². The number of aromatic nitrogens is 4. The molecule has 4 aromatic rings. The number of hydrogen-bond acceptors (Lipinski definition) is 5. The Morgan fingerprint density at radius 3 is 2.43 bits per heavy atom. The van der Waals surface area contributed by atoms with Gasteiger partial charge >= 0.3 is 5.69 Å². The summed E-state index contributed by atoms with van der Waals surface area (Å²) in [5.41, 5.74) is 0.858. The molecule has 3 aromatic heterocycles. The van der Waals surface area contributed by atoms with Crippen molar-refractivity contribution in [2.45, 2.75) is 57.5 Å². The van der Waals surface area contributed by atoms with E-state index < -0.39 is 30.5 Å². The van der Waals surface area contributed by atoms with E-state index in [0.29, 0.717) is 30.6 Å². The van der Waals surface area contributed by atoms with Gasteiger partial charge < -0.3 is 10.6 Å². The summed E-state index contributed by atoms with van der Waals surface area (Å²) in [6.45, 7) is 0.716. The molecule has 0 atom stereocenters. The topological polar surface area (TPSA) is 93.8 Å². The second-order valence-corrected chi connectivity index (χ2v) is 11.1. The molecule has 0 radical (unpaired) electrons. The van der Waals surface area contributed by atoms with Crippen LogP contribution in [0.2, 0.25) is 5.02 Å². The monoisotopic (exact) mass is 604 g/mol. The van der Waals surface area contributed by atoms with Crippen molar-refractivity contribution in [1.82, 2.24) is 24.4 Å². The molecular weight excluding hydrogens is 576 g/mol. The Morgan fingerprint density at radius 1 is 1.07 bits per heavy atom. The number of para-hydroxylation sites is 2. The fourth-order valence-electron chi connectivity index (χ4n) is 5.32. The van der Waals surface area contributed by atoms with Gasteiger partial charge in [0, 0.05) is 25.7 Å². The lowest BCUT2D eigenvalue weighted by atomic mass is 9.85. The zero-order valence-electron chi connectivity index (χ0n) is 22.7. The number of nitrogens with zero attached hydrogens (tertiary/aromatic N) is 4. The molecule has 1 saturated carbocycles. The summed E-state index contributed by atoms with van der Waals surface area (Å²) in [5, 5.41) is 5.52. The number of anilines is 1. The van der Waals surface area contributed by atoms with Crippen molar-refractivity contribution in [3.63, 3.8) is 0 Å². The van der Waals surface area contributed by atoms with Gasteiger partial charge in [-0.05, 0) is 61.9 Å². The highest BCUT2D eigenvalue weighted by atomic mass is 35.5. The van der Waals surface area contributed by atoms with E-state index in [9.17, 15) is 27.2 Å². The largest absolute Gasteiger partial charge is 0.364 e. The zero-order chi connectivity index (χ0) is 30.0. The number of halogens is 5. The molecule has 0 saturated heterocycles. The van der Waals surface area contributed by atoms with Crippen molar-refractivity contribution < 1.29 is 22.4 Å². The van der Waals surface area contributed by atoms with Crippen LogP contribution in [0.15, 0.2) is 59.7 Å². The second-order valence-electron chi connectivity index (χ2n) is 10.6. The number of benzene rings is 1. The lowest BCUT2D eigenvalue weighted by Gasteiger charge is -2.29. The van der Waals surface area contributed by atoms with Gasteiger partial charge in [0.25, 0.3) is 18.3 Å². The molecule has 0 bridgehead atoms. The van der Waals surface area contributed by atoms with Crippen LogP contribution in [-0.4, -0.2) is 43.5 Å². The third-order valence-corrected chi connectivity index (χ3v) is 7.59.